The number of nitrogens with zero attached hydrogens (tertiary/aromatic N) is 1. The first kappa shape index (κ1) is 11.9. The number of anilines is 1. The van der Waals surface area contributed by atoms with Crippen LogP contribution >= 0.6 is 0 Å². The van der Waals surface area contributed by atoms with Gasteiger partial charge >= 0.3 is 0 Å². The number of nitrogen functional groups attached to an aromatic ring is 1. The first-order valence-electron chi connectivity index (χ1n) is 5.43. The molecule has 1 heterocycles. The molecular formula is C14H13N3O. The molecule has 0 aliphatic carbocycles. The molecule has 0 radical (unpaired) electrons. The van der Waals surface area contributed by atoms with Crippen LogP contribution in [0.4, 0.5) is 5.69 Å². The lowest BCUT2D eigenvalue weighted by Crippen LogP contribution is -2.11. The van der Waals surface area contributed by atoms with E-state index in [9.17, 15) is 4.79 Å². The largest absolute Gasteiger partial charge is 0.399 e. The molecule has 1 aromatic heterocycles. The Morgan fingerprint density at radius 3 is 2.61 bits per heavy atom. The monoisotopic (exact) mass is 239 g/mol. The molecule has 0 spiro atoms. The van der Waals surface area contributed by atoms with Crippen LogP contribution in [0.25, 0.3) is 12.2 Å². The van der Waals surface area contributed by atoms with Crippen molar-refractivity contribution in [3.63, 3.8) is 0 Å². The predicted molar refractivity (Wildman–Crippen MR) is 72.5 cm³/mol. The van der Waals surface area contributed by atoms with E-state index in [-0.39, 0.29) is 0 Å². The van der Waals surface area contributed by atoms with Gasteiger partial charge in [0.1, 0.15) is 0 Å². The average Bonchev–Trinajstić information content (AvgIpc) is 2.37. The van der Waals surface area contributed by atoms with Crippen LogP contribution < -0.4 is 11.5 Å². The highest BCUT2D eigenvalue weighted by Crippen LogP contribution is 2.11. The minimum absolute atomic E-state index is 0.393. The molecule has 0 atom stereocenters. The van der Waals surface area contributed by atoms with Gasteiger partial charge in [0, 0.05) is 18.1 Å². The van der Waals surface area contributed by atoms with Crippen molar-refractivity contribution in [1.82, 2.24) is 4.98 Å². The molecule has 0 unspecified atom stereocenters. The third kappa shape index (κ3) is 2.95. The molecule has 0 aliphatic heterocycles. The summed E-state index contributed by atoms with van der Waals surface area (Å²) in [6.07, 6.45) is 6.86. The molecule has 4 nitrogen and oxygen atoms in total. The van der Waals surface area contributed by atoms with Crippen LogP contribution in [0.5, 0.6) is 0 Å². The van der Waals surface area contributed by atoms with Crippen LogP contribution in [-0.4, -0.2) is 10.9 Å². The number of aromatic nitrogens is 1. The molecule has 0 saturated carbocycles. The Labute approximate surface area is 105 Å². The van der Waals surface area contributed by atoms with Gasteiger partial charge in [-0.25, -0.2) is 0 Å². The molecule has 18 heavy (non-hydrogen) atoms. The summed E-state index contributed by atoms with van der Waals surface area (Å²) in [5.74, 6) is -0.485. The van der Waals surface area contributed by atoms with Crippen LogP contribution in [0.15, 0.2) is 42.7 Å². The highest BCUT2D eigenvalue weighted by molar-refractivity contribution is 5.93. The Hall–Kier alpha value is -2.62. The molecule has 0 fully saturated rings. The second-order valence-electron chi connectivity index (χ2n) is 3.87. The second-order valence-corrected chi connectivity index (χ2v) is 3.87. The van der Waals surface area contributed by atoms with Gasteiger partial charge in [-0.15, -0.1) is 0 Å². The van der Waals surface area contributed by atoms with E-state index in [1.807, 2.05) is 36.4 Å². The number of benzene rings is 1. The number of hydrogen-bond donors (Lipinski definition) is 2. The van der Waals surface area contributed by atoms with Crippen molar-refractivity contribution in [2.45, 2.75) is 0 Å². The Bertz CT molecular complexity index is 605. The standard InChI is InChI=1S/C14H13N3O/c15-13-3-1-2-10(7-13)4-5-11-6-12(14(16)18)9-17-8-11/h1-9H,15H2,(H2,16,18). The summed E-state index contributed by atoms with van der Waals surface area (Å²) in [5, 5.41) is 0. The van der Waals surface area contributed by atoms with E-state index in [4.69, 9.17) is 11.5 Å². The number of nitrogens with two attached hydrogens (primary N) is 2. The lowest BCUT2D eigenvalue weighted by Gasteiger charge is -1.98. The number of pyridine rings is 1. The smallest absolute Gasteiger partial charge is 0.250 e. The van der Waals surface area contributed by atoms with E-state index in [0.717, 1.165) is 11.1 Å². The molecule has 1 aromatic carbocycles. The van der Waals surface area contributed by atoms with Crippen molar-refractivity contribution in [3.8, 4) is 0 Å². The number of carbonyl (C=O) groups excluding carboxylic acids is 1. The first-order chi connectivity index (χ1) is 8.65. The van der Waals surface area contributed by atoms with Crippen LogP contribution in [-0.2, 0) is 0 Å². The summed E-state index contributed by atoms with van der Waals surface area (Å²) in [6.45, 7) is 0. The van der Waals surface area contributed by atoms with Gasteiger partial charge in [-0.05, 0) is 29.3 Å². The normalized spacial score (nSPS) is 10.7. The number of rotatable bonds is 3. The van der Waals surface area contributed by atoms with Gasteiger partial charge in [-0.2, -0.15) is 0 Å². The van der Waals surface area contributed by atoms with Gasteiger partial charge in [-0.1, -0.05) is 24.3 Å². The van der Waals surface area contributed by atoms with Crippen molar-refractivity contribution in [3.05, 3.63) is 59.4 Å². The fourth-order valence-electron chi connectivity index (χ4n) is 1.54. The molecule has 0 aliphatic rings. The number of amides is 1. The molecule has 0 bridgehead atoms. The van der Waals surface area contributed by atoms with E-state index >= 15 is 0 Å². The van der Waals surface area contributed by atoms with Crippen LogP contribution in [0.1, 0.15) is 21.5 Å². The average molecular weight is 239 g/mol. The van der Waals surface area contributed by atoms with Crippen LogP contribution in [0.2, 0.25) is 0 Å². The zero-order chi connectivity index (χ0) is 13.0. The van der Waals surface area contributed by atoms with Gasteiger partial charge in [-0.3, -0.25) is 9.78 Å². The maximum absolute atomic E-state index is 11.0. The summed E-state index contributed by atoms with van der Waals surface area (Å²) in [5.41, 5.74) is 13.8. The molecule has 2 aromatic rings. The van der Waals surface area contributed by atoms with E-state index < -0.39 is 5.91 Å². The van der Waals surface area contributed by atoms with E-state index in [0.29, 0.717) is 11.3 Å². The Morgan fingerprint density at radius 1 is 1.11 bits per heavy atom. The third-order valence-electron chi connectivity index (χ3n) is 2.42. The quantitative estimate of drug-likeness (QED) is 0.803. The van der Waals surface area contributed by atoms with Crippen LogP contribution in [0.3, 0.4) is 0 Å². The Balaban J connectivity index is 2.23. The summed E-state index contributed by atoms with van der Waals surface area (Å²) in [6, 6.07) is 9.21. The predicted octanol–water partition coefficient (Wildman–Crippen LogP) is 1.93. The lowest BCUT2D eigenvalue weighted by atomic mass is 10.1. The van der Waals surface area contributed by atoms with E-state index in [1.165, 1.54) is 6.20 Å². The van der Waals surface area contributed by atoms with Crippen molar-refractivity contribution < 1.29 is 4.79 Å². The minimum atomic E-state index is -0.485. The molecule has 1 amide bonds. The first-order valence-corrected chi connectivity index (χ1v) is 5.43. The topological polar surface area (TPSA) is 82.0 Å². The Kier molecular flexibility index (Phi) is 3.38. The molecule has 4 N–H and O–H groups in total. The molecular weight excluding hydrogens is 226 g/mol. The molecule has 2 rings (SSSR count). The summed E-state index contributed by atoms with van der Waals surface area (Å²) >= 11 is 0. The highest BCUT2D eigenvalue weighted by atomic mass is 16.1. The van der Waals surface area contributed by atoms with Crippen molar-refractivity contribution >= 4 is 23.7 Å². The number of carbonyl (C=O) groups is 1. The maximum atomic E-state index is 11.0. The fraction of sp³-hybridized carbons (Fsp3) is 0. The van der Waals surface area contributed by atoms with Gasteiger partial charge in [0.15, 0.2) is 0 Å². The highest BCUT2D eigenvalue weighted by Gasteiger charge is 2.00. The molecule has 0 saturated heterocycles. The fourth-order valence-corrected chi connectivity index (χ4v) is 1.54. The van der Waals surface area contributed by atoms with Crippen molar-refractivity contribution in [2.24, 2.45) is 5.73 Å². The number of primary amides is 1. The summed E-state index contributed by atoms with van der Waals surface area (Å²) in [4.78, 5) is 15.0. The summed E-state index contributed by atoms with van der Waals surface area (Å²) < 4.78 is 0. The zero-order valence-corrected chi connectivity index (χ0v) is 9.71. The van der Waals surface area contributed by atoms with Gasteiger partial charge in [0.25, 0.3) is 0 Å². The molecule has 90 valence electrons. The van der Waals surface area contributed by atoms with Gasteiger partial charge in [0.05, 0.1) is 5.56 Å². The second kappa shape index (κ2) is 5.14. The third-order valence-corrected chi connectivity index (χ3v) is 2.42. The van der Waals surface area contributed by atoms with E-state index in [1.54, 1.807) is 12.3 Å². The Morgan fingerprint density at radius 2 is 1.89 bits per heavy atom. The van der Waals surface area contributed by atoms with Gasteiger partial charge < -0.3 is 11.5 Å². The van der Waals surface area contributed by atoms with E-state index in [2.05, 4.69) is 4.98 Å². The maximum Gasteiger partial charge on any atom is 0.250 e. The molecule has 4 heteroatoms. The SMILES string of the molecule is NC(=O)c1cncc(C=Cc2cccc(N)c2)c1. The minimum Gasteiger partial charge on any atom is -0.399 e. The van der Waals surface area contributed by atoms with Crippen molar-refractivity contribution in [1.29, 1.82) is 0 Å². The number of hydrogen-bond acceptors (Lipinski definition) is 3. The zero-order valence-electron chi connectivity index (χ0n) is 9.71. The van der Waals surface area contributed by atoms with Crippen LogP contribution in [0, 0.1) is 0 Å². The lowest BCUT2D eigenvalue weighted by molar-refractivity contribution is 0.1000. The van der Waals surface area contributed by atoms with Gasteiger partial charge in [0.2, 0.25) is 5.91 Å². The van der Waals surface area contributed by atoms with Crippen molar-refractivity contribution in [2.75, 3.05) is 5.73 Å². The summed E-state index contributed by atoms with van der Waals surface area (Å²) in [7, 11) is 0.